The number of piperidine rings is 1. The predicted molar refractivity (Wildman–Crippen MR) is 86.8 cm³/mol. The number of nitrogens with zero attached hydrogens (tertiary/aromatic N) is 2. The van der Waals surface area contributed by atoms with Gasteiger partial charge in [-0.15, -0.1) is 11.8 Å². The Bertz CT molecular complexity index is 306. The molecule has 0 aromatic rings. The zero-order valence-corrected chi connectivity index (χ0v) is 14.6. The van der Waals surface area contributed by atoms with Crippen molar-refractivity contribution in [2.24, 2.45) is 0 Å². The summed E-state index contributed by atoms with van der Waals surface area (Å²) in [4.78, 5) is 5.88. The van der Waals surface area contributed by atoms with Crippen molar-refractivity contribution in [3.05, 3.63) is 0 Å². The van der Waals surface area contributed by atoms with Crippen LogP contribution in [-0.2, 0) is 0 Å². The van der Waals surface area contributed by atoms with Gasteiger partial charge in [-0.05, 0) is 66.6 Å². The van der Waals surface area contributed by atoms with Crippen molar-refractivity contribution in [3.8, 4) is 0 Å². The zero-order chi connectivity index (χ0) is 14.3. The van der Waals surface area contributed by atoms with Crippen LogP contribution in [-0.4, -0.2) is 51.1 Å². The van der Waals surface area contributed by atoms with Crippen LogP contribution in [0.1, 0.15) is 60.8 Å². The van der Waals surface area contributed by atoms with Gasteiger partial charge in [-0.1, -0.05) is 0 Å². The fourth-order valence-corrected chi connectivity index (χ4v) is 5.30. The van der Waals surface area contributed by atoms with E-state index in [4.69, 9.17) is 0 Å². The molecule has 0 aliphatic carbocycles. The normalized spacial score (nSPS) is 26.8. The molecule has 2 nitrogen and oxygen atoms in total. The van der Waals surface area contributed by atoms with Crippen molar-refractivity contribution in [3.63, 3.8) is 0 Å². The summed E-state index contributed by atoms with van der Waals surface area (Å²) >= 11 is 2.23. The molecule has 0 unspecified atom stereocenters. The average Bonchev–Trinajstić information content (AvgIpc) is 2.27. The monoisotopic (exact) mass is 284 g/mol. The molecular formula is C16H32N2S. The van der Waals surface area contributed by atoms with Gasteiger partial charge < -0.3 is 0 Å². The van der Waals surface area contributed by atoms with Gasteiger partial charge in [0, 0.05) is 30.7 Å². The molecule has 0 atom stereocenters. The molecule has 1 spiro atoms. The smallest absolute Gasteiger partial charge is 0.0698 e. The van der Waals surface area contributed by atoms with Crippen LogP contribution < -0.4 is 0 Å². The fourth-order valence-electron chi connectivity index (χ4n) is 3.65. The summed E-state index contributed by atoms with van der Waals surface area (Å²) < 4.78 is 0. The minimum absolute atomic E-state index is 0.303. The Labute approximate surface area is 124 Å². The fraction of sp³-hybridized carbons (Fsp3) is 1.00. The number of likely N-dealkylation sites (tertiary alicyclic amines) is 1. The Hall–Kier alpha value is 0.270. The molecule has 0 bridgehead atoms. The summed E-state index contributed by atoms with van der Waals surface area (Å²) in [6.45, 7) is 18.0. The first-order valence-electron chi connectivity index (χ1n) is 7.82. The number of hydrogen-bond acceptors (Lipinski definition) is 3. The topological polar surface area (TPSA) is 6.48 Å². The maximum atomic E-state index is 2.80. The number of rotatable bonds is 0. The van der Waals surface area contributed by atoms with E-state index < -0.39 is 0 Å². The molecule has 0 aromatic carbocycles. The predicted octanol–water partition coefficient (Wildman–Crippen LogP) is 3.81. The lowest BCUT2D eigenvalue weighted by Gasteiger charge is -2.57. The zero-order valence-electron chi connectivity index (χ0n) is 13.8. The lowest BCUT2D eigenvalue weighted by Crippen LogP contribution is -2.63. The third kappa shape index (κ3) is 3.30. The average molecular weight is 285 g/mol. The SMILES string of the molecule is CC(C)(C)N1CCC2(CC1)SCCCN2C(C)(C)C. The van der Waals surface area contributed by atoms with Gasteiger partial charge in [0.1, 0.15) is 0 Å². The molecule has 2 aliphatic heterocycles. The molecule has 0 radical (unpaired) electrons. The Morgan fingerprint density at radius 1 is 0.842 bits per heavy atom. The van der Waals surface area contributed by atoms with E-state index in [9.17, 15) is 0 Å². The Kier molecular flexibility index (Phi) is 4.31. The van der Waals surface area contributed by atoms with Crippen LogP contribution in [0.15, 0.2) is 0 Å². The maximum Gasteiger partial charge on any atom is 0.0698 e. The highest BCUT2D eigenvalue weighted by Crippen LogP contribution is 2.46. The molecule has 0 saturated carbocycles. The molecule has 2 fully saturated rings. The molecule has 112 valence electrons. The molecule has 2 heterocycles. The Morgan fingerprint density at radius 3 is 1.89 bits per heavy atom. The second-order valence-electron chi connectivity index (χ2n) is 8.13. The second-order valence-corrected chi connectivity index (χ2v) is 9.59. The molecule has 0 N–H and O–H groups in total. The first-order valence-corrected chi connectivity index (χ1v) is 8.81. The number of thioether (sulfide) groups is 1. The first kappa shape index (κ1) is 15.7. The largest absolute Gasteiger partial charge is 0.298 e. The van der Waals surface area contributed by atoms with Crippen molar-refractivity contribution in [1.29, 1.82) is 0 Å². The molecule has 19 heavy (non-hydrogen) atoms. The first-order chi connectivity index (χ1) is 8.65. The number of hydrogen-bond donors (Lipinski definition) is 0. The molecule has 3 heteroatoms. The van der Waals surface area contributed by atoms with Gasteiger partial charge in [-0.3, -0.25) is 9.80 Å². The minimum Gasteiger partial charge on any atom is -0.298 e. The van der Waals surface area contributed by atoms with Gasteiger partial charge >= 0.3 is 0 Å². The van der Waals surface area contributed by atoms with Crippen molar-refractivity contribution in [2.75, 3.05) is 25.4 Å². The lowest BCUT2D eigenvalue weighted by molar-refractivity contribution is -0.00509. The molecule has 0 aromatic heterocycles. The van der Waals surface area contributed by atoms with E-state index >= 15 is 0 Å². The van der Waals surface area contributed by atoms with Crippen LogP contribution in [0.25, 0.3) is 0 Å². The van der Waals surface area contributed by atoms with Gasteiger partial charge in [0.05, 0.1) is 4.87 Å². The van der Waals surface area contributed by atoms with Crippen molar-refractivity contribution in [2.45, 2.75) is 76.8 Å². The van der Waals surface area contributed by atoms with Gasteiger partial charge in [-0.25, -0.2) is 0 Å². The summed E-state index contributed by atoms with van der Waals surface area (Å²) in [5.41, 5.74) is 0.630. The van der Waals surface area contributed by atoms with Crippen LogP contribution >= 0.6 is 11.8 Å². The van der Waals surface area contributed by atoms with Crippen molar-refractivity contribution < 1.29 is 0 Å². The van der Waals surface area contributed by atoms with Gasteiger partial charge in [0.25, 0.3) is 0 Å². The maximum absolute atomic E-state index is 2.80. The highest BCUT2D eigenvalue weighted by atomic mass is 32.2. The van der Waals surface area contributed by atoms with Gasteiger partial charge in [0.15, 0.2) is 0 Å². The van der Waals surface area contributed by atoms with E-state index in [1.165, 1.54) is 44.6 Å². The quantitative estimate of drug-likeness (QED) is 0.668. The second kappa shape index (κ2) is 5.23. The molecule has 2 rings (SSSR count). The summed E-state index contributed by atoms with van der Waals surface area (Å²) in [6, 6.07) is 0. The van der Waals surface area contributed by atoms with Crippen LogP contribution in [0.4, 0.5) is 0 Å². The van der Waals surface area contributed by atoms with E-state index in [1.54, 1.807) is 0 Å². The molecule has 2 aliphatic rings. The third-order valence-corrected chi connectivity index (χ3v) is 6.35. The summed E-state index contributed by atoms with van der Waals surface area (Å²) in [7, 11) is 0. The van der Waals surface area contributed by atoms with E-state index in [0.717, 1.165) is 0 Å². The summed E-state index contributed by atoms with van der Waals surface area (Å²) in [5.74, 6) is 1.35. The highest BCUT2D eigenvalue weighted by molar-refractivity contribution is 8.00. The van der Waals surface area contributed by atoms with E-state index in [-0.39, 0.29) is 0 Å². The summed E-state index contributed by atoms with van der Waals surface area (Å²) in [6.07, 6.45) is 4.01. The Morgan fingerprint density at radius 2 is 1.42 bits per heavy atom. The molecule has 0 amide bonds. The van der Waals surface area contributed by atoms with E-state index in [1.807, 2.05) is 0 Å². The standard InChI is InChI=1S/C16H32N2S/c1-14(2,3)17-11-8-16(9-12-17)18(15(4,5)6)10-7-13-19-16/h7-13H2,1-6H3. The van der Waals surface area contributed by atoms with Gasteiger partial charge in [0.2, 0.25) is 0 Å². The highest BCUT2D eigenvalue weighted by Gasteiger charge is 2.47. The van der Waals surface area contributed by atoms with Crippen LogP contribution in [0.3, 0.4) is 0 Å². The van der Waals surface area contributed by atoms with E-state index in [0.29, 0.717) is 15.9 Å². The molecular weight excluding hydrogens is 252 g/mol. The lowest BCUT2D eigenvalue weighted by atomic mass is 9.92. The summed E-state index contributed by atoms with van der Waals surface area (Å²) in [5, 5.41) is 0. The van der Waals surface area contributed by atoms with E-state index in [2.05, 4.69) is 63.1 Å². The van der Waals surface area contributed by atoms with Crippen LogP contribution in [0.5, 0.6) is 0 Å². The molecule has 2 saturated heterocycles. The van der Waals surface area contributed by atoms with Crippen LogP contribution in [0, 0.1) is 0 Å². The van der Waals surface area contributed by atoms with Crippen LogP contribution in [0.2, 0.25) is 0 Å². The van der Waals surface area contributed by atoms with Gasteiger partial charge in [-0.2, -0.15) is 0 Å². The van der Waals surface area contributed by atoms with Crippen molar-refractivity contribution >= 4 is 11.8 Å². The van der Waals surface area contributed by atoms with Crippen molar-refractivity contribution in [1.82, 2.24) is 9.80 Å². The third-order valence-electron chi connectivity index (χ3n) is 4.69. The minimum atomic E-state index is 0.303. The Balaban J connectivity index is 2.11.